The lowest BCUT2D eigenvalue weighted by molar-refractivity contribution is -0.137. The summed E-state index contributed by atoms with van der Waals surface area (Å²) in [6.45, 7) is 3.35. The Morgan fingerprint density at radius 1 is 0.844 bits per heavy atom. The van der Waals surface area contributed by atoms with E-state index in [-0.39, 0.29) is 23.0 Å². The van der Waals surface area contributed by atoms with E-state index in [1.807, 2.05) is 24.3 Å². The van der Waals surface area contributed by atoms with Crippen molar-refractivity contribution in [2.45, 2.75) is 44.8 Å². The third kappa shape index (κ3) is 5.15. The van der Waals surface area contributed by atoms with Gasteiger partial charge >= 0.3 is 0 Å². The molecule has 32 heavy (non-hydrogen) atoms. The van der Waals surface area contributed by atoms with Crippen molar-refractivity contribution in [3.05, 3.63) is 82.7 Å². The lowest BCUT2D eigenvalue weighted by Crippen LogP contribution is -2.31. The Labute approximate surface area is 186 Å². The predicted octanol–water partition coefficient (Wildman–Crippen LogP) is 6.69. The van der Waals surface area contributed by atoms with Gasteiger partial charge in [0.15, 0.2) is 17.5 Å². The zero-order valence-corrected chi connectivity index (χ0v) is 18.0. The summed E-state index contributed by atoms with van der Waals surface area (Å²) < 4.78 is 52.7. The molecule has 1 aliphatic rings. The van der Waals surface area contributed by atoms with Crippen LogP contribution in [0.25, 0.3) is 10.8 Å². The minimum absolute atomic E-state index is 0.0288. The Morgan fingerprint density at radius 3 is 2.31 bits per heavy atom. The summed E-state index contributed by atoms with van der Waals surface area (Å²) in [4.78, 5) is 0. The molecule has 0 spiro atoms. The van der Waals surface area contributed by atoms with Crippen LogP contribution in [0.5, 0.6) is 0 Å². The van der Waals surface area contributed by atoms with Crippen LogP contribution in [0.4, 0.5) is 13.2 Å². The fourth-order valence-corrected chi connectivity index (χ4v) is 3.83. The topological polar surface area (TPSA) is 18.5 Å². The summed E-state index contributed by atoms with van der Waals surface area (Å²) in [6, 6.07) is 13.3. The third-order valence-electron chi connectivity index (χ3n) is 5.70. The number of hydrogen-bond donors (Lipinski definition) is 0. The van der Waals surface area contributed by atoms with Crippen LogP contribution in [0.3, 0.4) is 0 Å². The Bertz CT molecular complexity index is 1140. The van der Waals surface area contributed by atoms with Crippen molar-refractivity contribution in [3.63, 3.8) is 0 Å². The molecule has 0 radical (unpaired) electrons. The molecule has 0 aromatic heterocycles. The number of halogens is 3. The van der Waals surface area contributed by atoms with E-state index in [1.54, 1.807) is 12.1 Å². The average Bonchev–Trinajstić information content (AvgIpc) is 2.82. The van der Waals surface area contributed by atoms with Crippen LogP contribution in [-0.2, 0) is 9.47 Å². The van der Waals surface area contributed by atoms with E-state index in [4.69, 9.17) is 9.47 Å². The SMILES string of the molecule is CCCCC[C@@H]1CO[C@@H](c2ccc(C#Cc3ccc4c(F)c(F)c(F)cc4c3)cc2)CO1. The maximum atomic E-state index is 13.9. The van der Waals surface area contributed by atoms with Gasteiger partial charge in [-0.15, -0.1) is 0 Å². The molecule has 1 saturated heterocycles. The number of rotatable bonds is 5. The number of unbranched alkanes of at least 4 members (excludes halogenated alkanes) is 2. The van der Waals surface area contributed by atoms with Crippen molar-refractivity contribution in [3.8, 4) is 11.8 Å². The fraction of sp³-hybridized carbons (Fsp3) is 0.333. The van der Waals surface area contributed by atoms with Crippen LogP contribution >= 0.6 is 0 Å². The quantitative estimate of drug-likeness (QED) is 0.251. The molecule has 0 aliphatic carbocycles. The summed E-state index contributed by atoms with van der Waals surface area (Å²) >= 11 is 0. The highest BCUT2D eigenvalue weighted by Crippen LogP contribution is 2.26. The summed E-state index contributed by atoms with van der Waals surface area (Å²) in [5.41, 5.74) is 2.44. The number of hydrogen-bond acceptors (Lipinski definition) is 2. The van der Waals surface area contributed by atoms with Crippen molar-refractivity contribution in [1.82, 2.24) is 0 Å². The Morgan fingerprint density at radius 2 is 1.59 bits per heavy atom. The fourth-order valence-electron chi connectivity index (χ4n) is 3.83. The van der Waals surface area contributed by atoms with Crippen molar-refractivity contribution in [2.75, 3.05) is 13.2 Å². The predicted molar refractivity (Wildman–Crippen MR) is 119 cm³/mol. The molecule has 3 aromatic carbocycles. The highest BCUT2D eigenvalue weighted by molar-refractivity contribution is 5.84. The molecule has 1 aliphatic heterocycles. The van der Waals surface area contributed by atoms with Crippen LogP contribution in [0, 0.1) is 29.3 Å². The highest BCUT2D eigenvalue weighted by atomic mass is 19.2. The Hall–Kier alpha value is -2.81. The second-order valence-electron chi connectivity index (χ2n) is 8.07. The third-order valence-corrected chi connectivity index (χ3v) is 5.70. The van der Waals surface area contributed by atoms with E-state index in [0.29, 0.717) is 18.8 Å². The van der Waals surface area contributed by atoms with Crippen LogP contribution in [0.15, 0.2) is 48.5 Å². The average molecular weight is 438 g/mol. The van der Waals surface area contributed by atoms with E-state index in [1.165, 1.54) is 25.3 Å². The molecule has 3 aromatic rings. The minimum atomic E-state index is -1.46. The molecule has 4 rings (SSSR count). The van der Waals surface area contributed by atoms with Gasteiger partial charge in [-0.1, -0.05) is 56.2 Å². The molecule has 0 saturated carbocycles. The molecule has 0 amide bonds. The van der Waals surface area contributed by atoms with Crippen molar-refractivity contribution >= 4 is 10.8 Å². The van der Waals surface area contributed by atoms with Crippen LogP contribution < -0.4 is 0 Å². The lowest BCUT2D eigenvalue weighted by Gasteiger charge is -2.30. The maximum absolute atomic E-state index is 13.9. The van der Waals surface area contributed by atoms with Gasteiger partial charge in [-0.3, -0.25) is 0 Å². The monoisotopic (exact) mass is 438 g/mol. The molecule has 1 heterocycles. The summed E-state index contributed by atoms with van der Waals surface area (Å²) in [7, 11) is 0. The van der Waals surface area contributed by atoms with E-state index >= 15 is 0 Å². The first kappa shape index (κ1) is 22.4. The second kappa shape index (κ2) is 10.2. The first-order chi connectivity index (χ1) is 15.5. The van der Waals surface area contributed by atoms with Crippen molar-refractivity contribution in [2.24, 2.45) is 0 Å². The van der Waals surface area contributed by atoms with Crippen LogP contribution in [0.1, 0.15) is 55.4 Å². The number of ether oxygens (including phenoxy) is 2. The highest BCUT2D eigenvalue weighted by Gasteiger charge is 2.23. The molecule has 1 fully saturated rings. The molecule has 5 heteroatoms. The number of fused-ring (bicyclic) bond motifs is 1. The molecule has 0 N–H and O–H groups in total. The van der Waals surface area contributed by atoms with E-state index < -0.39 is 17.5 Å². The summed E-state index contributed by atoms with van der Waals surface area (Å²) in [6.07, 6.45) is 4.73. The normalized spacial score (nSPS) is 18.4. The molecule has 0 unspecified atom stereocenters. The van der Waals surface area contributed by atoms with Gasteiger partial charge in [0.05, 0.1) is 19.3 Å². The summed E-state index contributed by atoms with van der Waals surface area (Å²) in [5, 5.41) is 0.298. The molecular weight excluding hydrogens is 413 g/mol. The van der Waals surface area contributed by atoms with Gasteiger partial charge in [-0.2, -0.15) is 0 Å². The van der Waals surface area contributed by atoms with E-state index in [9.17, 15) is 13.2 Å². The first-order valence-corrected chi connectivity index (χ1v) is 11.0. The largest absolute Gasteiger partial charge is 0.373 e. The number of benzene rings is 3. The van der Waals surface area contributed by atoms with Crippen molar-refractivity contribution < 1.29 is 22.6 Å². The molecule has 0 bridgehead atoms. The van der Waals surface area contributed by atoms with Crippen LogP contribution in [0.2, 0.25) is 0 Å². The van der Waals surface area contributed by atoms with Gasteiger partial charge in [0.1, 0.15) is 6.10 Å². The molecule has 2 atom stereocenters. The Balaban J connectivity index is 1.40. The van der Waals surface area contributed by atoms with E-state index in [0.717, 1.165) is 23.6 Å². The van der Waals surface area contributed by atoms with Gasteiger partial charge < -0.3 is 9.47 Å². The van der Waals surface area contributed by atoms with Gasteiger partial charge in [-0.05, 0) is 47.7 Å². The first-order valence-electron chi connectivity index (χ1n) is 11.0. The molecular formula is C27H25F3O2. The Kier molecular flexibility index (Phi) is 7.14. The van der Waals surface area contributed by atoms with Gasteiger partial charge in [0.2, 0.25) is 0 Å². The smallest absolute Gasteiger partial charge is 0.195 e. The summed E-state index contributed by atoms with van der Waals surface area (Å²) in [5.74, 6) is 2.18. The molecule has 166 valence electrons. The maximum Gasteiger partial charge on any atom is 0.195 e. The van der Waals surface area contributed by atoms with Crippen LogP contribution in [-0.4, -0.2) is 19.3 Å². The zero-order valence-electron chi connectivity index (χ0n) is 18.0. The molecule has 2 nitrogen and oxygen atoms in total. The lowest BCUT2D eigenvalue weighted by atomic mass is 10.0. The second-order valence-corrected chi connectivity index (χ2v) is 8.07. The zero-order chi connectivity index (χ0) is 22.5. The minimum Gasteiger partial charge on any atom is -0.373 e. The van der Waals surface area contributed by atoms with Crippen molar-refractivity contribution in [1.29, 1.82) is 0 Å². The van der Waals surface area contributed by atoms with Gasteiger partial charge in [-0.25, -0.2) is 13.2 Å². The van der Waals surface area contributed by atoms with Gasteiger partial charge in [0, 0.05) is 16.5 Å². The van der Waals surface area contributed by atoms with E-state index in [2.05, 4.69) is 18.8 Å². The standard InChI is InChI=1S/C27H25F3O2/c1-2-3-4-5-22-16-32-25(17-31-22)20-11-8-18(9-12-20)6-7-19-10-13-23-21(14-19)15-24(28)27(30)26(23)29/h8-15,22,25H,2-5,16-17H2,1H3/t22-,25-/m1/s1. The van der Waals surface area contributed by atoms with Gasteiger partial charge in [0.25, 0.3) is 0 Å².